The van der Waals surface area contributed by atoms with Crippen molar-refractivity contribution in [2.45, 2.75) is 62.2 Å². The number of benzene rings is 3. The molecule has 3 rings (SSSR count). The molecule has 35 heavy (non-hydrogen) atoms. The second-order valence-corrected chi connectivity index (χ2v) is 11.9. The lowest BCUT2D eigenvalue weighted by Gasteiger charge is -2.27. The summed E-state index contributed by atoms with van der Waals surface area (Å²) in [5.41, 5.74) is 2.14. The Labute approximate surface area is 210 Å². The maximum absolute atomic E-state index is 14.6. The van der Waals surface area contributed by atoms with Gasteiger partial charge in [0.2, 0.25) is 0 Å². The Morgan fingerprint density at radius 3 is 2.09 bits per heavy atom. The van der Waals surface area contributed by atoms with Gasteiger partial charge in [-0.25, -0.2) is 17.6 Å². The van der Waals surface area contributed by atoms with Crippen LogP contribution in [0.4, 0.5) is 23.2 Å². The molecule has 0 bridgehead atoms. The van der Waals surface area contributed by atoms with Crippen molar-refractivity contribution in [1.82, 2.24) is 0 Å². The zero-order valence-corrected chi connectivity index (χ0v) is 22.4. The zero-order chi connectivity index (χ0) is 26.3. The molecule has 0 aliphatic rings. The van der Waals surface area contributed by atoms with E-state index in [4.69, 9.17) is 0 Å². The third-order valence-corrected chi connectivity index (χ3v) is 7.13. The quantitative estimate of drug-likeness (QED) is 0.124. The molecule has 1 unspecified atom stereocenters. The Morgan fingerprint density at radius 1 is 0.857 bits per heavy atom. The van der Waals surface area contributed by atoms with Crippen molar-refractivity contribution in [3.05, 3.63) is 76.4 Å². The van der Waals surface area contributed by atoms with Gasteiger partial charge in [-0.15, -0.1) is 0 Å². The van der Waals surface area contributed by atoms with Crippen LogP contribution in [-0.4, -0.2) is 11.3 Å². The predicted molar refractivity (Wildman–Crippen MR) is 139 cm³/mol. The SMILES string of the molecule is CC(C)(C)c1cc(C=Nc2ccccc2Sc2c(F)c(F)c(F)c(P)c2F)c(O)c(C(C)(C)C)c1. The van der Waals surface area contributed by atoms with Gasteiger partial charge in [0.15, 0.2) is 17.5 Å². The predicted octanol–water partition coefficient (Wildman–Crippen LogP) is 7.95. The number of aromatic hydroxyl groups is 1. The second-order valence-electron chi connectivity index (χ2n) is 10.3. The van der Waals surface area contributed by atoms with Crippen LogP contribution >= 0.6 is 21.0 Å². The molecule has 1 N–H and O–H groups in total. The maximum Gasteiger partial charge on any atom is 0.196 e. The summed E-state index contributed by atoms with van der Waals surface area (Å²) in [7, 11) is 1.76. The smallest absolute Gasteiger partial charge is 0.196 e. The van der Waals surface area contributed by atoms with Crippen molar-refractivity contribution in [3.63, 3.8) is 0 Å². The Hall–Kier alpha value is -2.37. The fourth-order valence-electron chi connectivity index (χ4n) is 3.38. The lowest BCUT2D eigenvalue weighted by Crippen LogP contribution is -2.17. The van der Waals surface area contributed by atoms with Crippen LogP contribution < -0.4 is 5.30 Å². The average Bonchev–Trinajstić information content (AvgIpc) is 2.77. The molecule has 186 valence electrons. The van der Waals surface area contributed by atoms with Crippen molar-refractivity contribution in [2.24, 2.45) is 4.99 Å². The number of phenols is 1. The molecule has 3 aromatic rings. The third kappa shape index (κ3) is 5.73. The highest BCUT2D eigenvalue weighted by molar-refractivity contribution is 7.99. The number of aliphatic imine (C=N–C) groups is 1. The fraction of sp³-hybridized carbons (Fsp3) is 0.296. The molecular formula is C27H28F4NOPS. The number of para-hydroxylation sites is 1. The maximum atomic E-state index is 14.6. The van der Waals surface area contributed by atoms with E-state index in [1.54, 1.807) is 33.5 Å². The standard InChI is InChI=1S/C27H28F4NOPS/c1-26(2,3)15-11-14(23(33)16(12-15)27(4,5)6)13-32-17-9-7-8-10-18(17)35-25-21(30)19(28)20(29)24(34)22(25)31/h7-13,33H,34H2,1-6H3. The van der Waals surface area contributed by atoms with Gasteiger partial charge in [-0.1, -0.05) is 80.7 Å². The van der Waals surface area contributed by atoms with Gasteiger partial charge in [-0.3, -0.25) is 4.99 Å². The summed E-state index contributed by atoms with van der Waals surface area (Å²) in [5, 5.41) is 10.3. The van der Waals surface area contributed by atoms with E-state index in [-0.39, 0.29) is 16.6 Å². The lowest BCUT2D eigenvalue weighted by molar-refractivity contribution is 0.422. The number of rotatable bonds is 4. The van der Waals surface area contributed by atoms with E-state index >= 15 is 0 Å². The summed E-state index contributed by atoms with van der Waals surface area (Å²) in [5.74, 6) is -6.01. The summed E-state index contributed by atoms with van der Waals surface area (Å²) in [6.07, 6.45) is 1.50. The average molecular weight is 522 g/mol. The highest BCUT2D eigenvalue weighted by Gasteiger charge is 2.26. The highest BCUT2D eigenvalue weighted by Crippen LogP contribution is 2.40. The van der Waals surface area contributed by atoms with E-state index in [9.17, 15) is 22.7 Å². The topological polar surface area (TPSA) is 32.6 Å². The normalized spacial score (nSPS) is 12.5. The minimum atomic E-state index is -1.74. The van der Waals surface area contributed by atoms with Crippen LogP contribution in [0, 0.1) is 23.3 Å². The van der Waals surface area contributed by atoms with Gasteiger partial charge < -0.3 is 5.11 Å². The molecular weight excluding hydrogens is 493 g/mol. The molecule has 0 amide bonds. The van der Waals surface area contributed by atoms with Gasteiger partial charge in [0.25, 0.3) is 0 Å². The van der Waals surface area contributed by atoms with Gasteiger partial charge in [0.1, 0.15) is 11.6 Å². The molecule has 1 atom stereocenters. The van der Waals surface area contributed by atoms with E-state index in [2.05, 4.69) is 25.8 Å². The summed E-state index contributed by atoms with van der Waals surface area (Å²) in [6.45, 7) is 12.2. The van der Waals surface area contributed by atoms with Crippen LogP contribution in [0.2, 0.25) is 0 Å². The number of phenolic OH excluding ortho intramolecular Hbond substituents is 1. The fourth-order valence-corrected chi connectivity index (χ4v) is 4.72. The van der Waals surface area contributed by atoms with Crippen LogP contribution in [-0.2, 0) is 10.8 Å². The minimum Gasteiger partial charge on any atom is -0.507 e. The van der Waals surface area contributed by atoms with E-state index in [0.717, 1.165) is 11.1 Å². The van der Waals surface area contributed by atoms with Crippen molar-refractivity contribution in [2.75, 3.05) is 0 Å². The monoisotopic (exact) mass is 521 g/mol. The van der Waals surface area contributed by atoms with E-state index in [1.165, 1.54) is 6.21 Å². The van der Waals surface area contributed by atoms with Crippen LogP contribution in [0.1, 0.15) is 58.2 Å². The number of hydrogen-bond acceptors (Lipinski definition) is 3. The Kier molecular flexibility index (Phi) is 7.73. The molecule has 0 saturated heterocycles. The number of hydrogen-bond donors (Lipinski definition) is 1. The van der Waals surface area contributed by atoms with Crippen LogP contribution in [0.15, 0.2) is 51.2 Å². The molecule has 0 aliphatic carbocycles. The second kappa shape index (κ2) is 9.94. The van der Waals surface area contributed by atoms with Crippen LogP contribution in [0.5, 0.6) is 5.75 Å². The zero-order valence-electron chi connectivity index (χ0n) is 20.4. The van der Waals surface area contributed by atoms with Gasteiger partial charge in [0.05, 0.1) is 10.6 Å². The summed E-state index contributed by atoms with van der Waals surface area (Å²) < 4.78 is 56.6. The van der Waals surface area contributed by atoms with Crippen molar-refractivity contribution in [3.8, 4) is 5.75 Å². The molecule has 0 aromatic heterocycles. The molecule has 0 saturated carbocycles. The highest BCUT2D eigenvalue weighted by atomic mass is 32.2. The van der Waals surface area contributed by atoms with Gasteiger partial charge in [0, 0.05) is 27.5 Å². The first-order valence-electron chi connectivity index (χ1n) is 10.9. The van der Waals surface area contributed by atoms with Gasteiger partial charge >= 0.3 is 0 Å². The largest absolute Gasteiger partial charge is 0.507 e. The van der Waals surface area contributed by atoms with E-state index in [0.29, 0.717) is 27.9 Å². The molecule has 2 nitrogen and oxygen atoms in total. The minimum absolute atomic E-state index is 0.102. The summed E-state index contributed by atoms with van der Waals surface area (Å²) in [4.78, 5) is 4.15. The third-order valence-electron chi connectivity index (χ3n) is 5.49. The lowest BCUT2D eigenvalue weighted by atomic mass is 9.79. The number of halogens is 4. The first kappa shape index (κ1) is 27.2. The Balaban J connectivity index is 2.09. The summed E-state index contributed by atoms with van der Waals surface area (Å²) in [6, 6.07) is 10.4. The van der Waals surface area contributed by atoms with Crippen molar-refractivity contribution >= 4 is 38.2 Å². The van der Waals surface area contributed by atoms with Crippen molar-refractivity contribution < 1.29 is 22.7 Å². The molecule has 0 radical (unpaired) electrons. The van der Waals surface area contributed by atoms with E-state index in [1.807, 2.05) is 32.9 Å². The molecule has 0 fully saturated rings. The van der Waals surface area contributed by atoms with Gasteiger partial charge in [-0.05, 0) is 34.6 Å². The van der Waals surface area contributed by atoms with Crippen LogP contribution in [0.25, 0.3) is 0 Å². The van der Waals surface area contributed by atoms with E-state index < -0.39 is 33.5 Å². The Bertz CT molecular complexity index is 1280. The van der Waals surface area contributed by atoms with Crippen molar-refractivity contribution in [1.29, 1.82) is 0 Å². The first-order chi connectivity index (χ1) is 16.1. The molecule has 3 aromatic carbocycles. The summed E-state index contributed by atoms with van der Waals surface area (Å²) >= 11 is 0.612. The molecule has 0 aliphatic heterocycles. The number of nitrogens with zero attached hydrogens (tertiary/aromatic N) is 1. The molecule has 0 heterocycles. The molecule has 0 spiro atoms. The Morgan fingerprint density at radius 2 is 1.49 bits per heavy atom. The first-order valence-corrected chi connectivity index (χ1v) is 12.3. The molecule has 8 heteroatoms. The van der Waals surface area contributed by atoms with Gasteiger partial charge in [-0.2, -0.15) is 0 Å². The van der Waals surface area contributed by atoms with Crippen LogP contribution in [0.3, 0.4) is 0 Å².